The maximum atomic E-state index is 12.7. The standard InChI is InChI=1S/C20H15NO3S2/c22-18-16(13-7-10-14-8-3-1-4-9-14)26-20(25)21(18)17(19(23)24)15-11-5-2-6-12-15/h1-13,17H,(H,23,24)/p-1. The molecule has 0 bridgehead atoms. The molecule has 1 fully saturated rings. The van der Waals surface area contributed by atoms with Gasteiger partial charge in [0.1, 0.15) is 10.4 Å². The second-order valence-electron chi connectivity index (χ2n) is 5.48. The van der Waals surface area contributed by atoms with Crippen molar-refractivity contribution in [1.82, 2.24) is 4.90 Å². The molecule has 0 N–H and O–H groups in total. The molecule has 0 spiro atoms. The molecule has 1 atom stereocenters. The molecule has 1 aliphatic heterocycles. The van der Waals surface area contributed by atoms with Gasteiger partial charge >= 0.3 is 0 Å². The minimum absolute atomic E-state index is 0.201. The van der Waals surface area contributed by atoms with Crippen molar-refractivity contribution in [3.05, 3.63) is 88.8 Å². The lowest BCUT2D eigenvalue weighted by Crippen LogP contribution is -2.43. The van der Waals surface area contributed by atoms with Crippen LogP contribution in [0.4, 0.5) is 0 Å². The van der Waals surface area contributed by atoms with E-state index in [1.165, 1.54) is 0 Å². The number of hydrogen-bond acceptors (Lipinski definition) is 5. The second-order valence-corrected chi connectivity index (χ2v) is 7.15. The highest BCUT2D eigenvalue weighted by atomic mass is 32.2. The van der Waals surface area contributed by atoms with E-state index in [1.807, 2.05) is 36.4 Å². The number of carbonyl (C=O) groups is 2. The average molecular weight is 380 g/mol. The van der Waals surface area contributed by atoms with Gasteiger partial charge in [0, 0.05) is 0 Å². The maximum absolute atomic E-state index is 12.7. The normalized spacial score (nSPS) is 17.2. The molecular weight excluding hydrogens is 366 g/mol. The molecule has 0 radical (unpaired) electrons. The number of allylic oxidation sites excluding steroid dienone is 2. The Balaban J connectivity index is 1.85. The zero-order chi connectivity index (χ0) is 18.5. The van der Waals surface area contributed by atoms with Gasteiger partial charge in [-0.25, -0.2) is 0 Å². The average Bonchev–Trinajstić information content (AvgIpc) is 2.91. The topological polar surface area (TPSA) is 60.4 Å². The molecule has 6 heteroatoms. The Morgan fingerprint density at radius 3 is 2.31 bits per heavy atom. The van der Waals surface area contributed by atoms with Crippen LogP contribution in [0.3, 0.4) is 0 Å². The minimum Gasteiger partial charge on any atom is -0.547 e. The second kappa shape index (κ2) is 8.12. The zero-order valence-corrected chi connectivity index (χ0v) is 15.2. The summed E-state index contributed by atoms with van der Waals surface area (Å²) in [6, 6.07) is 16.9. The van der Waals surface area contributed by atoms with Crippen LogP contribution in [-0.4, -0.2) is 21.1 Å². The summed E-state index contributed by atoms with van der Waals surface area (Å²) in [6.45, 7) is 0. The number of nitrogens with zero attached hydrogens (tertiary/aromatic N) is 1. The summed E-state index contributed by atoms with van der Waals surface area (Å²) in [7, 11) is 0. The SMILES string of the molecule is O=C([O-])C(c1ccccc1)N1C(=O)C(=CC=Cc2ccccc2)SC1=S. The summed E-state index contributed by atoms with van der Waals surface area (Å²) >= 11 is 6.33. The van der Waals surface area contributed by atoms with Crippen molar-refractivity contribution in [2.24, 2.45) is 0 Å². The van der Waals surface area contributed by atoms with Crippen molar-refractivity contribution >= 4 is 46.3 Å². The van der Waals surface area contributed by atoms with Gasteiger partial charge in [-0.1, -0.05) is 96.8 Å². The van der Waals surface area contributed by atoms with E-state index in [-0.39, 0.29) is 4.32 Å². The van der Waals surface area contributed by atoms with Crippen LogP contribution in [0.1, 0.15) is 17.2 Å². The molecule has 2 aromatic carbocycles. The Labute approximate surface area is 160 Å². The molecule has 130 valence electrons. The first-order valence-corrected chi connectivity index (χ1v) is 9.05. The van der Waals surface area contributed by atoms with Crippen LogP contribution in [0.15, 0.2) is 77.7 Å². The number of carbonyl (C=O) groups excluding carboxylic acids is 2. The van der Waals surface area contributed by atoms with Gasteiger partial charge in [0.15, 0.2) is 0 Å². The Hall–Kier alpha value is -2.70. The lowest BCUT2D eigenvalue weighted by molar-refractivity contribution is -0.310. The van der Waals surface area contributed by atoms with Gasteiger partial charge < -0.3 is 9.90 Å². The number of hydrogen-bond donors (Lipinski definition) is 0. The largest absolute Gasteiger partial charge is 0.547 e. The van der Waals surface area contributed by atoms with E-state index in [0.717, 1.165) is 22.2 Å². The molecule has 26 heavy (non-hydrogen) atoms. The van der Waals surface area contributed by atoms with E-state index >= 15 is 0 Å². The van der Waals surface area contributed by atoms with Crippen LogP contribution in [-0.2, 0) is 9.59 Å². The van der Waals surface area contributed by atoms with Crippen molar-refractivity contribution in [2.75, 3.05) is 0 Å². The minimum atomic E-state index is -1.37. The lowest BCUT2D eigenvalue weighted by Gasteiger charge is -2.27. The number of carboxylic acids is 1. The molecule has 1 amide bonds. The smallest absolute Gasteiger partial charge is 0.267 e. The van der Waals surface area contributed by atoms with Gasteiger partial charge in [0.05, 0.1) is 10.9 Å². The van der Waals surface area contributed by atoms with Gasteiger partial charge in [-0.05, 0) is 17.2 Å². The van der Waals surface area contributed by atoms with Crippen LogP contribution < -0.4 is 5.11 Å². The van der Waals surface area contributed by atoms with Gasteiger partial charge in [-0.2, -0.15) is 0 Å². The molecule has 0 saturated carbocycles. The van der Waals surface area contributed by atoms with Gasteiger partial charge in [0.25, 0.3) is 5.91 Å². The third-order valence-electron chi connectivity index (χ3n) is 3.76. The highest BCUT2D eigenvalue weighted by Crippen LogP contribution is 2.37. The third kappa shape index (κ3) is 3.92. The molecule has 1 heterocycles. The van der Waals surface area contributed by atoms with Crippen LogP contribution in [0.2, 0.25) is 0 Å². The molecule has 0 aromatic heterocycles. The van der Waals surface area contributed by atoms with Crippen molar-refractivity contribution in [2.45, 2.75) is 6.04 Å². The first-order valence-electron chi connectivity index (χ1n) is 7.82. The summed E-state index contributed by atoms with van der Waals surface area (Å²) in [5.74, 6) is -1.80. The molecule has 1 unspecified atom stereocenters. The lowest BCUT2D eigenvalue weighted by atomic mass is 10.1. The Kier molecular flexibility index (Phi) is 5.65. The Bertz CT molecular complexity index is 892. The van der Waals surface area contributed by atoms with Crippen molar-refractivity contribution in [3.63, 3.8) is 0 Å². The predicted octanol–water partition coefficient (Wildman–Crippen LogP) is 2.94. The van der Waals surface area contributed by atoms with Gasteiger partial charge in [-0.15, -0.1) is 0 Å². The summed E-state index contributed by atoms with van der Waals surface area (Å²) < 4.78 is 0.201. The van der Waals surface area contributed by atoms with E-state index < -0.39 is 17.9 Å². The Morgan fingerprint density at radius 2 is 1.69 bits per heavy atom. The number of thioether (sulfide) groups is 1. The molecular formula is C20H14NO3S2-. The summed E-state index contributed by atoms with van der Waals surface area (Å²) in [4.78, 5) is 25.9. The fourth-order valence-corrected chi connectivity index (χ4v) is 3.82. The van der Waals surface area contributed by atoms with E-state index in [2.05, 4.69) is 0 Å². The fourth-order valence-electron chi connectivity index (χ4n) is 2.55. The number of benzene rings is 2. The van der Waals surface area contributed by atoms with E-state index in [0.29, 0.717) is 10.5 Å². The molecule has 3 rings (SSSR count). The first kappa shape index (κ1) is 18.1. The number of carboxylic acid groups (broad SMARTS) is 1. The number of amides is 1. The Morgan fingerprint density at radius 1 is 1.08 bits per heavy atom. The van der Waals surface area contributed by atoms with Crippen LogP contribution in [0.5, 0.6) is 0 Å². The zero-order valence-electron chi connectivity index (χ0n) is 13.6. The summed E-state index contributed by atoms with van der Waals surface area (Å²) in [5.41, 5.74) is 1.45. The molecule has 2 aromatic rings. The van der Waals surface area contributed by atoms with Crippen molar-refractivity contribution in [1.29, 1.82) is 0 Å². The fraction of sp³-hybridized carbons (Fsp3) is 0.0500. The van der Waals surface area contributed by atoms with Crippen LogP contribution >= 0.6 is 24.0 Å². The number of aliphatic carboxylic acids is 1. The summed E-state index contributed by atoms with van der Waals surface area (Å²) in [6.07, 6.45) is 5.25. The quantitative estimate of drug-likeness (QED) is 0.590. The van der Waals surface area contributed by atoms with Crippen molar-refractivity contribution in [3.8, 4) is 0 Å². The van der Waals surface area contributed by atoms with E-state index in [9.17, 15) is 14.7 Å². The third-order valence-corrected chi connectivity index (χ3v) is 5.10. The van der Waals surface area contributed by atoms with E-state index in [4.69, 9.17) is 12.2 Å². The van der Waals surface area contributed by atoms with Gasteiger partial charge in [-0.3, -0.25) is 9.69 Å². The highest BCUT2D eigenvalue weighted by molar-refractivity contribution is 8.26. The van der Waals surface area contributed by atoms with E-state index in [1.54, 1.807) is 42.5 Å². The van der Waals surface area contributed by atoms with Crippen LogP contribution in [0.25, 0.3) is 6.08 Å². The number of thiocarbonyl (C=S) groups is 1. The monoisotopic (exact) mass is 380 g/mol. The van der Waals surface area contributed by atoms with Crippen molar-refractivity contribution < 1.29 is 14.7 Å². The molecule has 4 nitrogen and oxygen atoms in total. The maximum Gasteiger partial charge on any atom is 0.267 e. The highest BCUT2D eigenvalue weighted by Gasteiger charge is 2.38. The number of rotatable bonds is 5. The van der Waals surface area contributed by atoms with Gasteiger partial charge in [0.2, 0.25) is 0 Å². The predicted molar refractivity (Wildman–Crippen MR) is 105 cm³/mol. The summed E-state index contributed by atoms with van der Waals surface area (Å²) in [5, 5.41) is 11.7. The van der Waals surface area contributed by atoms with Crippen LogP contribution in [0, 0.1) is 0 Å². The molecule has 1 aliphatic rings. The first-order chi connectivity index (χ1) is 12.6. The molecule has 0 aliphatic carbocycles. The molecule has 1 saturated heterocycles.